The second kappa shape index (κ2) is 5.19. The van der Waals surface area contributed by atoms with Crippen LogP contribution in [0.3, 0.4) is 0 Å². The molecule has 1 aromatic rings. The van der Waals surface area contributed by atoms with Gasteiger partial charge in [-0.1, -0.05) is 12.1 Å². The van der Waals surface area contributed by atoms with Gasteiger partial charge in [0.15, 0.2) is 0 Å². The Hall–Kier alpha value is -1.55. The fourth-order valence-electron chi connectivity index (χ4n) is 1.85. The number of anilines is 2. The molecule has 1 fully saturated rings. The third-order valence-corrected chi connectivity index (χ3v) is 2.92. The number of nitrogens with one attached hydrogen (secondary N) is 1. The van der Waals surface area contributed by atoms with Gasteiger partial charge in [-0.3, -0.25) is 9.69 Å². The summed E-state index contributed by atoms with van der Waals surface area (Å²) in [6, 6.07) is 7.31. The van der Waals surface area contributed by atoms with Gasteiger partial charge in [-0.05, 0) is 37.9 Å². The average molecular weight is 233 g/mol. The molecule has 0 atom stereocenters. The number of hydrogen-bond donors (Lipinski definition) is 2. The largest absolute Gasteiger partial charge is 0.397 e. The minimum absolute atomic E-state index is 0.00829. The van der Waals surface area contributed by atoms with E-state index >= 15 is 0 Å². The maximum Gasteiger partial charge on any atom is 0.238 e. The fraction of sp³-hybridized carbons (Fsp3) is 0.462. The van der Waals surface area contributed by atoms with E-state index in [2.05, 4.69) is 10.2 Å². The first-order valence-electron chi connectivity index (χ1n) is 5.98. The second-order valence-electron chi connectivity index (χ2n) is 4.78. The lowest BCUT2D eigenvalue weighted by Gasteiger charge is -2.16. The van der Waals surface area contributed by atoms with Gasteiger partial charge < -0.3 is 11.1 Å². The van der Waals surface area contributed by atoms with Crippen LogP contribution in [0.25, 0.3) is 0 Å². The molecule has 0 radical (unpaired) electrons. The molecule has 1 aliphatic rings. The van der Waals surface area contributed by atoms with Gasteiger partial charge in [0, 0.05) is 6.54 Å². The summed E-state index contributed by atoms with van der Waals surface area (Å²) in [4.78, 5) is 13.8. The van der Waals surface area contributed by atoms with Crippen LogP contribution in [0.15, 0.2) is 24.3 Å². The third-order valence-electron chi connectivity index (χ3n) is 2.92. The van der Waals surface area contributed by atoms with Gasteiger partial charge in [0.2, 0.25) is 5.91 Å². The number of benzene rings is 1. The number of hydrogen-bond acceptors (Lipinski definition) is 3. The zero-order valence-corrected chi connectivity index (χ0v) is 10.1. The van der Waals surface area contributed by atoms with Gasteiger partial charge in [-0.25, -0.2) is 0 Å². The smallest absolute Gasteiger partial charge is 0.238 e. The van der Waals surface area contributed by atoms with E-state index in [-0.39, 0.29) is 5.91 Å². The van der Waals surface area contributed by atoms with Crippen molar-refractivity contribution in [2.24, 2.45) is 5.92 Å². The van der Waals surface area contributed by atoms with E-state index in [1.54, 1.807) is 6.07 Å². The summed E-state index contributed by atoms with van der Waals surface area (Å²) in [6.07, 6.45) is 2.61. The lowest BCUT2D eigenvalue weighted by atomic mass is 10.2. The Bertz CT molecular complexity index is 401. The molecule has 2 rings (SSSR count). The summed E-state index contributed by atoms with van der Waals surface area (Å²) < 4.78 is 0. The van der Waals surface area contributed by atoms with Crippen molar-refractivity contribution in [3.05, 3.63) is 24.3 Å². The molecule has 0 unspecified atom stereocenters. The van der Waals surface area contributed by atoms with Crippen LogP contribution in [0, 0.1) is 5.92 Å². The predicted molar refractivity (Wildman–Crippen MR) is 69.7 cm³/mol. The van der Waals surface area contributed by atoms with Gasteiger partial charge in [-0.2, -0.15) is 0 Å². The highest BCUT2D eigenvalue weighted by molar-refractivity contribution is 5.95. The van der Waals surface area contributed by atoms with Crippen LogP contribution >= 0.6 is 0 Å². The van der Waals surface area contributed by atoms with Crippen LogP contribution in [0.2, 0.25) is 0 Å². The summed E-state index contributed by atoms with van der Waals surface area (Å²) >= 11 is 0. The molecule has 1 saturated carbocycles. The number of para-hydroxylation sites is 2. The molecule has 0 aliphatic heterocycles. The standard InChI is InChI=1S/C13H19N3O/c1-16(8-10-6-7-10)9-13(17)15-12-5-3-2-4-11(12)14/h2-5,10H,6-9,14H2,1H3,(H,15,17). The van der Waals surface area contributed by atoms with Crippen molar-refractivity contribution in [1.82, 2.24) is 4.90 Å². The average Bonchev–Trinajstić information content (AvgIpc) is 3.05. The Labute approximate surface area is 102 Å². The second-order valence-corrected chi connectivity index (χ2v) is 4.78. The van der Waals surface area contributed by atoms with Crippen molar-refractivity contribution in [1.29, 1.82) is 0 Å². The Morgan fingerprint density at radius 3 is 2.82 bits per heavy atom. The minimum atomic E-state index is -0.00829. The summed E-state index contributed by atoms with van der Waals surface area (Å²) in [5.74, 6) is 0.792. The van der Waals surface area contributed by atoms with Crippen LogP contribution in [0.1, 0.15) is 12.8 Å². The fourth-order valence-corrected chi connectivity index (χ4v) is 1.85. The maximum absolute atomic E-state index is 11.8. The van der Waals surface area contributed by atoms with E-state index in [9.17, 15) is 4.79 Å². The van der Waals surface area contributed by atoms with Gasteiger partial charge in [0.1, 0.15) is 0 Å². The molecule has 1 amide bonds. The zero-order chi connectivity index (χ0) is 12.3. The molecule has 92 valence electrons. The van der Waals surface area contributed by atoms with Crippen molar-refractivity contribution >= 4 is 17.3 Å². The summed E-state index contributed by atoms with van der Waals surface area (Å²) in [7, 11) is 1.98. The van der Waals surface area contributed by atoms with E-state index < -0.39 is 0 Å². The number of likely N-dealkylation sites (N-methyl/N-ethyl adjacent to an activating group) is 1. The molecule has 0 heterocycles. The first-order valence-corrected chi connectivity index (χ1v) is 5.98. The van der Waals surface area contributed by atoms with Crippen LogP contribution in [-0.4, -0.2) is 30.9 Å². The van der Waals surface area contributed by atoms with E-state index in [0.717, 1.165) is 12.5 Å². The Morgan fingerprint density at radius 1 is 1.47 bits per heavy atom. The molecule has 0 spiro atoms. The van der Waals surface area contributed by atoms with Crippen LogP contribution in [-0.2, 0) is 4.79 Å². The number of carbonyl (C=O) groups is 1. The maximum atomic E-state index is 11.8. The normalized spacial score (nSPS) is 14.9. The topological polar surface area (TPSA) is 58.4 Å². The highest BCUT2D eigenvalue weighted by atomic mass is 16.2. The van der Waals surface area contributed by atoms with Crippen LogP contribution in [0.5, 0.6) is 0 Å². The zero-order valence-electron chi connectivity index (χ0n) is 10.1. The van der Waals surface area contributed by atoms with Crippen molar-refractivity contribution < 1.29 is 4.79 Å². The number of nitrogens with zero attached hydrogens (tertiary/aromatic N) is 1. The molecule has 17 heavy (non-hydrogen) atoms. The lowest BCUT2D eigenvalue weighted by Crippen LogP contribution is -2.31. The number of amides is 1. The Balaban J connectivity index is 1.82. The molecule has 1 aromatic carbocycles. The van der Waals surface area contributed by atoms with Crippen molar-refractivity contribution in [3.8, 4) is 0 Å². The van der Waals surface area contributed by atoms with Crippen molar-refractivity contribution in [2.75, 3.05) is 31.2 Å². The van der Waals surface area contributed by atoms with Gasteiger partial charge >= 0.3 is 0 Å². The van der Waals surface area contributed by atoms with Crippen molar-refractivity contribution in [2.45, 2.75) is 12.8 Å². The molecular weight excluding hydrogens is 214 g/mol. The summed E-state index contributed by atoms with van der Waals surface area (Å²) in [6.45, 7) is 1.43. The molecule has 4 nitrogen and oxygen atoms in total. The highest BCUT2D eigenvalue weighted by Crippen LogP contribution is 2.29. The monoisotopic (exact) mass is 233 g/mol. The number of nitrogens with two attached hydrogens (primary N) is 1. The molecule has 1 aliphatic carbocycles. The van der Waals surface area contributed by atoms with Crippen LogP contribution in [0.4, 0.5) is 11.4 Å². The molecular formula is C13H19N3O. The van der Waals surface area contributed by atoms with Gasteiger partial charge in [-0.15, -0.1) is 0 Å². The summed E-state index contributed by atoms with van der Waals surface area (Å²) in [5.41, 5.74) is 7.06. The molecule has 4 heteroatoms. The molecule has 3 N–H and O–H groups in total. The number of nitrogen functional groups attached to an aromatic ring is 1. The molecule has 0 aromatic heterocycles. The van der Waals surface area contributed by atoms with Gasteiger partial charge in [0.05, 0.1) is 17.9 Å². The third kappa shape index (κ3) is 3.75. The van der Waals surface area contributed by atoms with E-state index in [0.29, 0.717) is 17.9 Å². The quantitative estimate of drug-likeness (QED) is 0.759. The molecule has 0 bridgehead atoms. The Morgan fingerprint density at radius 2 is 2.18 bits per heavy atom. The number of carbonyl (C=O) groups excluding carboxylic acids is 1. The van der Waals surface area contributed by atoms with Crippen LogP contribution < -0.4 is 11.1 Å². The predicted octanol–water partition coefficient (Wildman–Crippen LogP) is 1.55. The first kappa shape index (κ1) is 11.9. The minimum Gasteiger partial charge on any atom is -0.397 e. The Kier molecular flexibility index (Phi) is 3.64. The SMILES string of the molecule is CN(CC(=O)Nc1ccccc1N)CC1CC1. The van der Waals surface area contributed by atoms with E-state index in [4.69, 9.17) is 5.73 Å². The summed E-state index contributed by atoms with van der Waals surface area (Å²) in [5, 5.41) is 2.83. The van der Waals surface area contributed by atoms with E-state index in [1.165, 1.54) is 12.8 Å². The highest BCUT2D eigenvalue weighted by Gasteiger charge is 2.23. The molecule has 0 saturated heterocycles. The number of rotatable bonds is 5. The van der Waals surface area contributed by atoms with E-state index in [1.807, 2.05) is 25.2 Å². The lowest BCUT2D eigenvalue weighted by molar-refractivity contribution is -0.117. The van der Waals surface area contributed by atoms with Crippen molar-refractivity contribution in [3.63, 3.8) is 0 Å². The van der Waals surface area contributed by atoms with Gasteiger partial charge in [0.25, 0.3) is 0 Å². The first-order chi connectivity index (χ1) is 8.15.